The standard InChI is InChI=1S/C13H16N2O2S2/c1-10-4-2-3-5-11(10)6-7-15-19(16,17)13-8-12(14)9-18-13/h2-5,8-9,15H,6-7,14H2,1H3. The summed E-state index contributed by atoms with van der Waals surface area (Å²) in [5.41, 5.74) is 8.33. The molecular weight excluding hydrogens is 280 g/mol. The van der Waals surface area contributed by atoms with E-state index in [0.29, 0.717) is 18.7 Å². The lowest BCUT2D eigenvalue weighted by Gasteiger charge is -2.07. The molecule has 2 aromatic rings. The molecule has 0 unspecified atom stereocenters. The molecule has 0 aliphatic heterocycles. The summed E-state index contributed by atoms with van der Waals surface area (Å²) in [5.74, 6) is 0. The van der Waals surface area contributed by atoms with Crippen molar-refractivity contribution >= 4 is 27.0 Å². The molecule has 1 heterocycles. The number of anilines is 1. The summed E-state index contributed by atoms with van der Waals surface area (Å²) in [6, 6.07) is 9.42. The Bertz CT molecular complexity index is 663. The molecule has 102 valence electrons. The van der Waals surface area contributed by atoms with Crippen LogP contribution in [-0.4, -0.2) is 15.0 Å². The summed E-state index contributed by atoms with van der Waals surface area (Å²) in [4.78, 5) is 0. The first-order valence-corrected chi connectivity index (χ1v) is 8.23. The van der Waals surface area contributed by atoms with Crippen LogP contribution in [0.3, 0.4) is 0 Å². The Morgan fingerprint density at radius 3 is 2.68 bits per heavy atom. The van der Waals surface area contributed by atoms with E-state index < -0.39 is 10.0 Å². The van der Waals surface area contributed by atoms with Crippen LogP contribution in [0, 0.1) is 6.92 Å². The van der Waals surface area contributed by atoms with Crippen LogP contribution in [-0.2, 0) is 16.4 Å². The Morgan fingerprint density at radius 1 is 1.32 bits per heavy atom. The van der Waals surface area contributed by atoms with E-state index in [1.165, 1.54) is 11.6 Å². The summed E-state index contributed by atoms with van der Waals surface area (Å²) < 4.78 is 26.8. The van der Waals surface area contributed by atoms with Crippen molar-refractivity contribution < 1.29 is 8.42 Å². The Labute approximate surface area is 117 Å². The van der Waals surface area contributed by atoms with Crippen molar-refractivity contribution in [1.29, 1.82) is 0 Å². The lowest BCUT2D eigenvalue weighted by molar-refractivity contribution is 0.583. The predicted molar refractivity (Wildman–Crippen MR) is 78.8 cm³/mol. The Kier molecular flexibility index (Phi) is 4.24. The van der Waals surface area contributed by atoms with E-state index >= 15 is 0 Å². The van der Waals surface area contributed by atoms with Crippen LogP contribution in [0.2, 0.25) is 0 Å². The Hall–Kier alpha value is -1.37. The average molecular weight is 296 g/mol. The second-order valence-corrected chi connectivity index (χ2v) is 7.18. The summed E-state index contributed by atoms with van der Waals surface area (Å²) >= 11 is 1.13. The Balaban J connectivity index is 1.98. The smallest absolute Gasteiger partial charge is 0.250 e. The molecule has 1 aromatic heterocycles. The molecule has 0 amide bonds. The molecule has 0 fully saturated rings. The van der Waals surface area contributed by atoms with Gasteiger partial charge in [0.15, 0.2) is 0 Å². The van der Waals surface area contributed by atoms with Gasteiger partial charge in [-0.05, 0) is 30.5 Å². The second-order valence-electron chi connectivity index (χ2n) is 4.27. The van der Waals surface area contributed by atoms with Crippen LogP contribution >= 0.6 is 11.3 Å². The quantitative estimate of drug-likeness (QED) is 0.888. The molecule has 0 bridgehead atoms. The molecule has 4 nitrogen and oxygen atoms in total. The predicted octanol–water partition coefficient (Wildman–Crippen LogP) is 2.16. The fourth-order valence-electron chi connectivity index (χ4n) is 1.75. The number of sulfonamides is 1. The third-order valence-corrected chi connectivity index (χ3v) is 5.73. The number of nitrogen functional groups attached to an aromatic ring is 1. The fourth-order valence-corrected chi connectivity index (χ4v) is 3.91. The first-order chi connectivity index (χ1) is 8.99. The molecule has 0 atom stereocenters. The largest absolute Gasteiger partial charge is 0.398 e. The lowest BCUT2D eigenvalue weighted by Crippen LogP contribution is -2.25. The highest BCUT2D eigenvalue weighted by atomic mass is 32.2. The zero-order chi connectivity index (χ0) is 13.9. The number of nitrogens with one attached hydrogen (secondary N) is 1. The van der Waals surface area contributed by atoms with Gasteiger partial charge in [0, 0.05) is 17.6 Å². The van der Waals surface area contributed by atoms with Gasteiger partial charge in [0.05, 0.1) is 0 Å². The van der Waals surface area contributed by atoms with Crippen LogP contribution < -0.4 is 10.5 Å². The highest BCUT2D eigenvalue weighted by molar-refractivity contribution is 7.91. The van der Waals surface area contributed by atoms with Gasteiger partial charge in [0.1, 0.15) is 4.21 Å². The van der Waals surface area contributed by atoms with Gasteiger partial charge in [-0.3, -0.25) is 0 Å². The van der Waals surface area contributed by atoms with Crippen LogP contribution in [0.1, 0.15) is 11.1 Å². The van der Waals surface area contributed by atoms with Gasteiger partial charge < -0.3 is 5.73 Å². The van der Waals surface area contributed by atoms with Crippen molar-refractivity contribution in [3.8, 4) is 0 Å². The van der Waals surface area contributed by atoms with Gasteiger partial charge in [-0.2, -0.15) is 0 Å². The van der Waals surface area contributed by atoms with Crippen molar-refractivity contribution in [2.75, 3.05) is 12.3 Å². The molecule has 3 N–H and O–H groups in total. The maximum absolute atomic E-state index is 12.0. The van der Waals surface area contributed by atoms with Crippen molar-refractivity contribution in [3.05, 3.63) is 46.8 Å². The lowest BCUT2D eigenvalue weighted by atomic mass is 10.1. The zero-order valence-electron chi connectivity index (χ0n) is 10.6. The number of hydrogen-bond donors (Lipinski definition) is 2. The van der Waals surface area contributed by atoms with Gasteiger partial charge in [0.2, 0.25) is 10.0 Å². The zero-order valence-corrected chi connectivity index (χ0v) is 12.2. The molecule has 19 heavy (non-hydrogen) atoms. The van der Waals surface area contributed by atoms with Crippen LogP contribution in [0.4, 0.5) is 5.69 Å². The number of nitrogens with two attached hydrogens (primary N) is 1. The SMILES string of the molecule is Cc1ccccc1CCNS(=O)(=O)c1cc(N)cs1. The van der Waals surface area contributed by atoms with Crippen molar-refractivity contribution in [2.45, 2.75) is 17.6 Å². The van der Waals surface area contributed by atoms with E-state index in [2.05, 4.69) is 4.72 Å². The van der Waals surface area contributed by atoms with Crippen molar-refractivity contribution in [2.24, 2.45) is 0 Å². The third kappa shape index (κ3) is 3.56. The summed E-state index contributed by atoms with van der Waals surface area (Å²) in [7, 11) is -3.43. The summed E-state index contributed by atoms with van der Waals surface area (Å²) in [5, 5.41) is 1.62. The summed E-state index contributed by atoms with van der Waals surface area (Å²) in [6.07, 6.45) is 0.673. The average Bonchev–Trinajstić information content (AvgIpc) is 2.79. The molecule has 1 aromatic carbocycles. The highest BCUT2D eigenvalue weighted by Gasteiger charge is 2.15. The molecule has 2 rings (SSSR count). The third-order valence-electron chi connectivity index (χ3n) is 2.81. The van der Waals surface area contributed by atoms with E-state index in [9.17, 15) is 8.42 Å². The monoisotopic (exact) mass is 296 g/mol. The minimum atomic E-state index is -3.43. The van der Waals surface area contributed by atoms with E-state index in [1.54, 1.807) is 5.38 Å². The van der Waals surface area contributed by atoms with Gasteiger partial charge in [-0.15, -0.1) is 11.3 Å². The van der Waals surface area contributed by atoms with Gasteiger partial charge in [-0.25, -0.2) is 13.1 Å². The van der Waals surface area contributed by atoms with E-state index in [1.807, 2.05) is 31.2 Å². The number of rotatable bonds is 5. The number of aryl methyl sites for hydroxylation is 1. The van der Waals surface area contributed by atoms with Crippen LogP contribution in [0.15, 0.2) is 39.9 Å². The van der Waals surface area contributed by atoms with Crippen LogP contribution in [0.25, 0.3) is 0 Å². The van der Waals surface area contributed by atoms with Crippen molar-refractivity contribution in [3.63, 3.8) is 0 Å². The van der Waals surface area contributed by atoms with Crippen molar-refractivity contribution in [1.82, 2.24) is 4.72 Å². The van der Waals surface area contributed by atoms with Crippen LogP contribution in [0.5, 0.6) is 0 Å². The maximum atomic E-state index is 12.0. The normalized spacial score (nSPS) is 11.6. The first kappa shape index (κ1) is 14.0. The molecular formula is C13H16N2O2S2. The van der Waals surface area contributed by atoms with E-state index in [0.717, 1.165) is 16.9 Å². The molecule has 0 aliphatic rings. The number of thiophene rings is 1. The number of benzene rings is 1. The molecule has 0 saturated carbocycles. The second kappa shape index (κ2) is 5.73. The highest BCUT2D eigenvalue weighted by Crippen LogP contribution is 2.21. The minimum Gasteiger partial charge on any atom is -0.398 e. The molecule has 0 aliphatic carbocycles. The molecule has 0 radical (unpaired) electrons. The number of hydrogen-bond acceptors (Lipinski definition) is 4. The van der Waals surface area contributed by atoms with Gasteiger partial charge in [-0.1, -0.05) is 24.3 Å². The van der Waals surface area contributed by atoms with Gasteiger partial charge >= 0.3 is 0 Å². The van der Waals surface area contributed by atoms with Gasteiger partial charge in [0.25, 0.3) is 0 Å². The van der Waals surface area contributed by atoms with E-state index in [4.69, 9.17) is 5.73 Å². The molecule has 0 spiro atoms. The topological polar surface area (TPSA) is 72.2 Å². The Morgan fingerprint density at radius 2 is 2.05 bits per heavy atom. The molecule has 6 heteroatoms. The van der Waals surface area contributed by atoms with E-state index in [-0.39, 0.29) is 4.21 Å². The maximum Gasteiger partial charge on any atom is 0.250 e. The fraction of sp³-hybridized carbons (Fsp3) is 0.231. The summed E-state index contributed by atoms with van der Waals surface area (Å²) in [6.45, 7) is 2.40. The molecule has 0 saturated heterocycles. The minimum absolute atomic E-state index is 0.259. The first-order valence-electron chi connectivity index (χ1n) is 5.87.